The van der Waals surface area contributed by atoms with E-state index < -0.39 is 0 Å². The SMILES string of the molecule is CCNCCCNC(=O)c1ccc(I)cc1. The lowest BCUT2D eigenvalue weighted by Gasteiger charge is -2.05. The van der Waals surface area contributed by atoms with Crippen molar-refractivity contribution < 1.29 is 4.79 Å². The van der Waals surface area contributed by atoms with Crippen LogP contribution in [0.25, 0.3) is 0 Å². The van der Waals surface area contributed by atoms with Crippen molar-refractivity contribution in [1.82, 2.24) is 10.6 Å². The van der Waals surface area contributed by atoms with Crippen LogP contribution < -0.4 is 10.6 Å². The second-order valence-electron chi connectivity index (χ2n) is 3.47. The summed E-state index contributed by atoms with van der Waals surface area (Å²) in [5.74, 6) is 0.00731. The van der Waals surface area contributed by atoms with Crippen molar-refractivity contribution in [2.45, 2.75) is 13.3 Å². The molecule has 2 N–H and O–H groups in total. The van der Waals surface area contributed by atoms with Crippen molar-refractivity contribution in [3.63, 3.8) is 0 Å². The molecule has 0 bridgehead atoms. The molecule has 0 radical (unpaired) electrons. The fourth-order valence-corrected chi connectivity index (χ4v) is 1.65. The minimum absolute atomic E-state index is 0.00731. The predicted octanol–water partition coefficient (Wildman–Crippen LogP) is 2.02. The standard InChI is InChI=1S/C12H17IN2O/c1-2-14-8-3-9-15-12(16)10-4-6-11(13)7-5-10/h4-7,14H,2-3,8-9H2,1H3,(H,15,16). The van der Waals surface area contributed by atoms with Gasteiger partial charge in [0, 0.05) is 15.7 Å². The van der Waals surface area contributed by atoms with Crippen LogP contribution in [0.3, 0.4) is 0 Å². The normalized spacial score (nSPS) is 10.1. The number of rotatable bonds is 6. The number of carbonyl (C=O) groups is 1. The molecule has 0 saturated carbocycles. The maximum absolute atomic E-state index is 11.7. The van der Waals surface area contributed by atoms with Crippen LogP contribution >= 0.6 is 22.6 Å². The van der Waals surface area contributed by atoms with E-state index in [9.17, 15) is 4.79 Å². The number of nitrogens with one attached hydrogen (secondary N) is 2. The number of benzene rings is 1. The van der Waals surface area contributed by atoms with Gasteiger partial charge in [0.05, 0.1) is 0 Å². The van der Waals surface area contributed by atoms with Crippen molar-refractivity contribution in [3.05, 3.63) is 33.4 Å². The van der Waals surface area contributed by atoms with Gasteiger partial charge in [0.15, 0.2) is 0 Å². The van der Waals surface area contributed by atoms with Crippen LogP contribution in [0.4, 0.5) is 0 Å². The molecule has 0 aromatic heterocycles. The molecule has 16 heavy (non-hydrogen) atoms. The molecule has 1 aromatic rings. The molecule has 3 nitrogen and oxygen atoms in total. The van der Waals surface area contributed by atoms with Crippen molar-refractivity contribution >= 4 is 28.5 Å². The molecule has 0 atom stereocenters. The van der Waals surface area contributed by atoms with Gasteiger partial charge in [-0.3, -0.25) is 4.79 Å². The molecular weight excluding hydrogens is 315 g/mol. The highest BCUT2D eigenvalue weighted by Crippen LogP contribution is 2.06. The largest absolute Gasteiger partial charge is 0.352 e. The van der Waals surface area contributed by atoms with Crippen molar-refractivity contribution in [3.8, 4) is 0 Å². The average Bonchev–Trinajstić information content (AvgIpc) is 2.29. The molecule has 1 aromatic carbocycles. The van der Waals surface area contributed by atoms with Crippen LogP contribution in [0.1, 0.15) is 23.7 Å². The Morgan fingerprint density at radius 3 is 2.56 bits per heavy atom. The molecule has 4 heteroatoms. The van der Waals surface area contributed by atoms with E-state index in [1.165, 1.54) is 0 Å². The van der Waals surface area contributed by atoms with Crippen molar-refractivity contribution in [2.24, 2.45) is 0 Å². The summed E-state index contributed by atoms with van der Waals surface area (Å²) < 4.78 is 1.14. The minimum atomic E-state index is 0.00731. The lowest BCUT2D eigenvalue weighted by molar-refractivity contribution is 0.0953. The molecule has 0 fully saturated rings. The molecule has 88 valence electrons. The maximum atomic E-state index is 11.7. The van der Waals surface area contributed by atoms with Crippen LogP contribution in [0.15, 0.2) is 24.3 Å². The lowest BCUT2D eigenvalue weighted by atomic mass is 10.2. The monoisotopic (exact) mass is 332 g/mol. The highest BCUT2D eigenvalue weighted by atomic mass is 127. The van der Waals surface area contributed by atoms with E-state index in [1.807, 2.05) is 24.3 Å². The van der Waals surface area contributed by atoms with E-state index in [2.05, 4.69) is 40.1 Å². The van der Waals surface area contributed by atoms with E-state index >= 15 is 0 Å². The quantitative estimate of drug-likeness (QED) is 0.618. The number of halogens is 1. The van der Waals surface area contributed by atoms with Gasteiger partial charge >= 0.3 is 0 Å². The zero-order valence-electron chi connectivity index (χ0n) is 9.42. The van der Waals surface area contributed by atoms with E-state index in [0.29, 0.717) is 0 Å². The Hall–Kier alpha value is -0.620. The third-order valence-electron chi connectivity index (χ3n) is 2.17. The summed E-state index contributed by atoms with van der Waals surface area (Å²) in [6, 6.07) is 7.57. The van der Waals surface area contributed by atoms with Crippen molar-refractivity contribution in [2.75, 3.05) is 19.6 Å². The highest BCUT2D eigenvalue weighted by Gasteiger charge is 2.03. The van der Waals surface area contributed by atoms with Gasteiger partial charge in [-0.15, -0.1) is 0 Å². The van der Waals surface area contributed by atoms with Gasteiger partial charge in [-0.1, -0.05) is 6.92 Å². The minimum Gasteiger partial charge on any atom is -0.352 e. The Morgan fingerprint density at radius 2 is 1.94 bits per heavy atom. The number of hydrogen-bond acceptors (Lipinski definition) is 2. The topological polar surface area (TPSA) is 41.1 Å². The zero-order valence-corrected chi connectivity index (χ0v) is 11.6. The Morgan fingerprint density at radius 1 is 1.25 bits per heavy atom. The van der Waals surface area contributed by atoms with E-state index in [1.54, 1.807) is 0 Å². The Labute approximate surface area is 110 Å². The molecule has 1 amide bonds. The first kappa shape index (κ1) is 13.4. The van der Waals surface area contributed by atoms with E-state index in [-0.39, 0.29) is 5.91 Å². The summed E-state index contributed by atoms with van der Waals surface area (Å²) in [6.45, 7) is 4.72. The van der Waals surface area contributed by atoms with E-state index in [4.69, 9.17) is 0 Å². The Balaban J connectivity index is 2.27. The average molecular weight is 332 g/mol. The molecule has 0 unspecified atom stereocenters. The summed E-state index contributed by atoms with van der Waals surface area (Å²) >= 11 is 2.22. The smallest absolute Gasteiger partial charge is 0.251 e. The molecule has 0 saturated heterocycles. The molecule has 0 spiro atoms. The van der Waals surface area contributed by atoms with Crippen LogP contribution in [0.2, 0.25) is 0 Å². The first-order valence-corrected chi connectivity index (χ1v) is 6.56. The molecular formula is C12H17IN2O. The summed E-state index contributed by atoms with van der Waals surface area (Å²) in [5, 5.41) is 6.11. The van der Waals surface area contributed by atoms with Gasteiger partial charge < -0.3 is 10.6 Å². The van der Waals surface area contributed by atoms with Crippen LogP contribution in [0, 0.1) is 3.57 Å². The van der Waals surface area contributed by atoms with Crippen LogP contribution in [-0.4, -0.2) is 25.5 Å². The second-order valence-corrected chi connectivity index (χ2v) is 4.72. The van der Waals surface area contributed by atoms with Crippen LogP contribution in [0.5, 0.6) is 0 Å². The highest BCUT2D eigenvalue weighted by molar-refractivity contribution is 14.1. The van der Waals surface area contributed by atoms with Gasteiger partial charge in [0.1, 0.15) is 0 Å². The van der Waals surface area contributed by atoms with Crippen LogP contribution in [-0.2, 0) is 0 Å². The van der Waals surface area contributed by atoms with Gasteiger partial charge in [-0.25, -0.2) is 0 Å². The zero-order chi connectivity index (χ0) is 11.8. The first-order chi connectivity index (χ1) is 7.74. The van der Waals surface area contributed by atoms with Gasteiger partial charge in [-0.2, -0.15) is 0 Å². The Kier molecular flexibility index (Phi) is 6.40. The summed E-state index contributed by atoms with van der Waals surface area (Å²) in [6.07, 6.45) is 0.962. The van der Waals surface area contributed by atoms with Gasteiger partial charge in [0.2, 0.25) is 0 Å². The van der Waals surface area contributed by atoms with Crippen molar-refractivity contribution in [1.29, 1.82) is 0 Å². The number of hydrogen-bond donors (Lipinski definition) is 2. The van der Waals surface area contributed by atoms with Gasteiger partial charge in [0.25, 0.3) is 5.91 Å². The molecule has 0 aliphatic carbocycles. The predicted molar refractivity (Wildman–Crippen MR) is 74.7 cm³/mol. The number of carbonyl (C=O) groups excluding carboxylic acids is 1. The maximum Gasteiger partial charge on any atom is 0.251 e. The molecule has 1 rings (SSSR count). The number of amides is 1. The third-order valence-corrected chi connectivity index (χ3v) is 2.89. The summed E-state index contributed by atoms with van der Waals surface area (Å²) in [7, 11) is 0. The summed E-state index contributed by atoms with van der Waals surface area (Å²) in [5.41, 5.74) is 0.726. The fourth-order valence-electron chi connectivity index (χ4n) is 1.30. The van der Waals surface area contributed by atoms with E-state index in [0.717, 1.165) is 35.2 Å². The third kappa shape index (κ3) is 4.94. The lowest BCUT2D eigenvalue weighted by Crippen LogP contribution is -2.27. The Bertz CT molecular complexity index is 324. The summed E-state index contributed by atoms with van der Waals surface area (Å²) in [4.78, 5) is 11.7. The molecule has 0 aliphatic heterocycles. The van der Waals surface area contributed by atoms with Gasteiger partial charge in [-0.05, 0) is 66.4 Å². The fraction of sp³-hybridized carbons (Fsp3) is 0.417. The first-order valence-electron chi connectivity index (χ1n) is 5.48. The second kappa shape index (κ2) is 7.62. The molecule has 0 aliphatic rings. The molecule has 0 heterocycles.